The SMILES string of the molecule is C.C.CSc1ccc(-c2cc(CN[C]3CCCCCCCC3)no2)cc1. The van der Waals surface area contributed by atoms with Crippen molar-refractivity contribution in [2.24, 2.45) is 0 Å². The molecule has 1 aromatic carbocycles. The fourth-order valence-corrected chi connectivity index (χ4v) is 3.60. The average Bonchev–Trinajstić information content (AvgIpc) is 3.13. The Morgan fingerprint density at radius 3 is 2.19 bits per heavy atom. The van der Waals surface area contributed by atoms with Crippen LogP contribution in [-0.2, 0) is 6.54 Å². The van der Waals surface area contributed by atoms with Gasteiger partial charge in [0.15, 0.2) is 5.76 Å². The lowest BCUT2D eigenvalue weighted by Gasteiger charge is -2.15. The second-order valence-corrected chi connectivity index (χ2v) is 7.37. The molecule has 0 spiro atoms. The van der Waals surface area contributed by atoms with E-state index in [-0.39, 0.29) is 14.9 Å². The number of thioether (sulfide) groups is 1. The van der Waals surface area contributed by atoms with Crippen LogP contribution in [0.15, 0.2) is 39.8 Å². The maximum absolute atomic E-state index is 5.52. The summed E-state index contributed by atoms with van der Waals surface area (Å²) in [5, 5.41) is 7.83. The van der Waals surface area contributed by atoms with E-state index in [9.17, 15) is 0 Å². The molecular formula is C22H35N2OS. The van der Waals surface area contributed by atoms with Gasteiger partial charge in [-0.25, -0.2) is 0 Å². The summed E-state index contributed by atoms with van der Waals surface area (Å²) in [6.45, 7) is 0.766. The summed E-state index contributed by atoms with van der Waals surface area (Å²) in [6, 6.07) is 12.0. The van der Waals surface area contributed by atoms with Crippen molar-refractivity contribution in [3.05, 3.63) is 42.1 Å². The van der Waals surface area contributed by atoms with Gasteiger partial charge in [-0.3, -0.25) is 0 Å². The molecule has 1 aliphatic carbocycles. The lowest BCUT2D eigenvalue weighted by Crippen LogP contribution is -2.20. The molecule has 1 heterocycles. The third-order valence-electron chi connectivity index (χ3n) is 4.66. The van der Waals surface area contributed by atoms with Gasteiger partial charge in [-0.15, -0.1) is 11.8 Å². The zero-order valence-electron chi connectivity index (χ0n) is 14.5. The number of rotatable bonds is 5. The van der Waals surface area contributed by atoms with Crippen molar-refractivity contribution in [1.29, 1.82) is 0 Å². The third-order valence-corrected chi connectivity index (χ3v) is 5.40. The van der Waals surface area contributed by atoms with Gasteiger partial charge in [0.2, 0.25) is 0 Å². The highest BCUT2D eigenvalue weighted by Gasteiger charge is 2.13. The molecular weight excluding hydrogens is 340 g/mol. The first kappa shape index (κ1) is 22.8. The molecule has 3 rings (SSSR count). The minimum Gasteiger partial charge on any atom is -0.356 e. The standard InChI is InChI=1S/C20H27N2OS.2CH4/c1-24-19-12-10-16(11-13-19)20-14-18(22-23-20)15-21-17-8-6-4-2-3-5-7-9-17;;/h10-14,21H,2-9,15H2,1H3;2*1H4. The first-order valence-electron chi connectivity index (χ1n) is 9.04. The molecule has 1 aliphatic rings. The molecule has 3 nitrogen and oxygen atoms in total. The fourth-order valence-electron chi connectivity index (χ4n) is 3.19. The molecule has 0 unspecified atom stereocenters. The molecule has 145 valence electrons. The minimum absolute atomic E-state index is 0. The minimum atomic E-state index is 0. The normalized spacial score (nSPS) is 15.9. The number of nitrogens with one attached hydrogen (secondary N) is 1. The van der Waals surface area contributed by atoms with Crippen molar-refractivity contribution in [3.63, 3.8) is 0 Å². The smallest absolute Gasteiger partial charge is 0.167 e. The van der Waals surface area contributed by atoms with E-state index in [1.54, 1.807) is 11.8 Å². The Hall–Kier alpha value is -1.26. The molecule has 1 aromatic heterocycles. The highest BCUT2D eigenvalue weighted by atomic mass is 32.2. The first-order valence-corrected chi connectivity index (χ1v) is 10.3. The van der Waals surface area contributed by atoms with Crippen LogP contribution >= 0.6 is 11.8 Å². The van der Waals surface area contributed by atoms with Gasteiger partial charge < -0.3 is 9.84 Å². The Morgan fingerprint density at radius 1 is 0.962 bits per heavy atom. The van der Waals surface area contributed by atoms with Crippen LogP contribution in [0.1, 0.15) is 71.9 Å². The van der Waals surface area contributed by atoms with E-state index in [4.69, 9.17) is 4.52 Å². The van der Waals surface area contributed by atoms with Crippen molar-refractivity contribution in [1.82, 2.24) is 10.5 Å². The van der Waals surface area contributed by atoms with Gasteiger partial charge in [-0.2, -0.15) is 0 Å². The average molecular weight is 376 g/mol. The molecule has 2 aromatic rings. The van der Waals surface area contributed by atoms with E-state index in [0.29, 0.717) is 0 Å². The van der Waals surface area contributed by atoms with Crippen LogP contribution in [0.4, 0.5) is 0 Å². The van der Waals surface area contributed by atoms with Crippen LogP contribution in [0.3, 0.4) is 0 Å². The number of nitrogens with zero attached hydrogens (tertiary/aromatic N) is 1. The van der Waals surface area contributed by atoms with E-state index in [2.05, 4.69) is 47.1 Å². The molecule has 26 heavy (non-hydrogen) atoms. The monoisotopic (exact) mass is 375 g/mol. The number of aromatic nitrogens is 1. The van der Waals surface area contributed by atoms with E-state index in [1.165, 1.54) is 62.3 Å². The van der Waals surface area contributed by atoms with Crippen molar-refractivity contribution >= 4 is 11.8 Å². The Morgan fingerprint density at radius 2 is 1.58 bits per heavy atom. The topological polar surface area (TPSA) is 38.1 Å². The zero-order chi connectivity index (χ0) is 16.6. The Balaban J connectivity index is 0.00000169. The van der Waals surface area contributed by atoms with E-state index >= 15 is 0 Å². The van der Waals surface area contributed by atoms with Gasteiger partial charge in [-0.1, -0.05) is 70.7 Å². The summed E-state index contributed by atoms with van der Waals surface area (Å²) in [5.41, 5.74) is 2.06. The molecule has 1 fully saturated rings. The highest BCUT2D eigenvalue weighted by Crippen LogP contribution is 2.25. The quantitative estimate of drug-likeness (QED) is 0.566. The van der Waals surface area contributed by atoms with E-state index in [1.807, 2.05) is 0 Å². The van der Waals surface area contributed by atoms with E-state index in [0.717, 1.165) is 23.6 Å². The molecule has 0 aliphatic heterocycles. The Labute approximate surface area is 164 Å². The molecule has 0 atom stereocenters. The maximum Gasteiger partial charge on any atom is 0.167 e. The van der Waals surface area contributed by atoms with Crippen molar-refractivity contribution < 1.29 is 4.52 Å². The molecule has 0 saturated heterocycles. The van der Waals surface area contributed by atoms with Crippen molar-refractivity contribution in [3.8, 4) is 11.3 Å². The molecule has 0 amide bonds. The second kappa shape index (κ2) is 12.2. The second-order valence-electron chi connectivity index (χ2n) is 6.49. The van der Waals surface area contributed by atoms with Crippen LogP contribution in [0.5, 0.6) is 0 Å². The zero-order valence-corrected chi connectivity index (χ0v) is 15.3. The van der Waals surface area contributed by atoms with Crippen LogP contribution in [-0.4, -0.2) is 11.4 Å². The third kappa shape index (κ3) is 6.81. The first-order chi connectivity index (χ1) is 11.8. The highest BCUT2D eigenvalue weighted by molar-refractivity contribution is 7.98. The van der Waals surface area contributed by atoms with Gasteiger partial charge in [0, 0.05) is 29.1 Å². The lowest BCUT2D eigenvalue weighted by molar-refractivity contribution is 0.418. The molecule has 0 bridgehead atoms. The molecule has 1 radical (unpaired) electrons. The molecule has 1 N–H and O–H groups in total. The summed E-state index contributed by atoms with van der Waals surface area (Å²) >= 11 is 1.75. The van der Waals surface area contributed by atoms with Crippen LogP contribution < -0.4 is 5.32 Å². The number of hydrogen-bond donors (Lipinski definition) is 1. The Kier molecular flexibility index (Phi) is 10.7. The lowest BCUT2D eigenvalue weighted by atomic mass is 10.0. The largest absolute Gasteiger partial charge is 0.356 e. The summed E-state index contributed by atoms with van der Waals surface area (Å²) in [4.78, 5) is 1.26. The summed E-state index contributed by atoms with van der Waals surface area (Å²) in [7, 11) is 0. The molecule has 1 saturated carbocycles. The predicted molar refractivity (Wildman–Crippen MR) is 114 cm³/mol. The van der Waals surface area contributed by atoms with Gasteiger partial charge in [0.25, 0.3) is 0 Å². The number of hydrogen-bond acceptors (Lipinski definition) is 4. The van der Waals surface area contributed by atoms with Crippen LogP contribution in [0.25, 0.3) is 11.3 Å². The van der Waals surface area contributed by atoms with Crippen molar-refractivity contribution in [2.75, 3.05) is 6.26 Å². The van der Waals surface area contributed by atoms with Crippen LogP contribution in [0.2, 0.25) is 0 Å². The van der Waals surface area contributed by atoms with Crippen molar-refractivity contribution in [2.45, 2.75) is 77.7 Å². The van der Waals surface area contributed by atoms with Gasteiger partial charge in [0.05, 0.1) is 5.69 Å². The summed E-state index contributed by atoms with van der Waals surface area (Å²) in [6.07, 6.45) is 12.7. The number of benzene rings is 1. The maximum atomic E-state index is 5.52. The summed E-state index contributed by atoms with van der Waals surface area (Å²) in [5.74, 6) is 0.846. The van der Waals surface area contributed by atoms with Gasteiger partial charge in [-0.05, 0) is 31.2 Å². The van der Waals surface area contributed by atoms with Gasteiger partial charge in [0.1, 0.15) is 0 Å². The summed E-state index contributed by atoms with van der Waals surface area (Å²) < 4.78 is 5.52. The van der Waals surface area contributed by atoms with Crippen LogP contribution in [0, 0.1) is 6.04 Å². The van der Waals surface area contributed by atoms with E-state index < -0.39 is 0 Å². The Bertz CT molecular complexity index is 599. The molecule has 4 heteroatoms. The fraction of sp³-hybridized carbons (Fsp3) is 0.545. The van der Waals surface area contributed by atoms with Gasteiger partial charge >= 0.3 is 0 Å². The predicted octanol–water partition coefficient (Wildman–Crippen LogP) is 7.09.